The number of carbonyl (C=O) groups excluding carboxylic acids is 1. The van der Waals surface area contributed by atoms with E-state index in [2.05, 4.69) is 5.32 Å². The van der Waals surface area contributed by atoms with Gasteiger partial charge in [0, 0.05) is 17.3 Å². The summed E-state index contributed by atoms with van der Waals surface area (Å²) in [6.45, 7) is 5.90. The summed E-state index contributed by atoms with van der Waals surface area (Å²) in [6.07, 6.45) is 0. The summed E-state index contributed by atoms with van der Waals surface area (Å²) >= 11 is 0. The van der Waals surface area contributed by atoms with Crippen molar-refractivity contribution in [2.45, 2.75) is 20.8 Å². The van der Waals surface area contributed by atoms with Crippen molar-refractivity contribution in [3.05, 3.63) is 52.6 Å². The first-order valence-electron chi connectivity index (χ1n) is 6.75. The molecule has 4 heteroatoms. The summed E-state index contributed by atoms with van der Waals surface area (Å²) in [4.78, 5) is 12.5. The van der Waals surface area contributed by atoms with Crippen molar-refractivity contribution in [2.24, 2.45) is 0 Å². The number of nitrogens with two attached hydrogens (primary N) is 1. The topological polar surface area (TPSA) is 64.3 Å². The van der Waals surface area contributed by atoms with Gasteiger partial charge < -0.3 is 15.8 Å². The zero-order valence-electron chi connectivity index (χ0n) is 12.8. The maximum absolute atomic E-state index is 12.5. The Kier molecular flexibility index (Phi) is 4.17. The molecule has 110 valence electrons. The highest BCUT2D eigenvalue weighted by molar-refractivity contribution is 6.07. The molecule has 0 saturated heterocycles. The molecule has 2 rings (SSSR count). The summed E-state index contributed by atoms with van der Waals surface area (Å²) in [6, 6.07) is 9.16. The average Bonchev–Trinajstić information content (AvgIpc) is 2.39. The minimum absolute atomic E-state index is 0.145. The molecule has 0 radical (unpaired) electrons. The molecule has 0 heterocycles. The Bertz CT molecular complexity index is 670. The van der Waals surface area contributed by atoms with Gasteiger partial charge in [0.15, 0.2) is 0 Å². The van der Waals surface area contributed by atoms with E-state index < -0.39 is 0 Å². The van der Waals surface area contributed by atoms with Crippen LogP contribution in [0.15, 0.2) is 30.3 Å². The summed E-state index contributed by atoms with van der Waals surface area (Å²) in [5.74, 6) is 0.402. The predicted octanol–water partition coefficient (Wildman–Crippen LogP) is 3.45. The molecule has 0 saturated carbocycles. The van der Waals surface area contributed by atoms with Crippen LogP contribution < -0.4 is 15.8 Å². The van der Waals surface area contributed by atoms with Gasteiger partial charge in [0.1, 0.15) is 5.75 Å². The first kappa shape index (κ1) is 14.9. The van der Waals surface area contributed by atoms with E-state index in [1.165, 1.54) is 0 Å². The Morgan fingerprint density at radius 2 is 1.71 bits per heavy atom. The third-order valence-corrected chi connectivity index (χ3v) is 3.38. The lowest BCUT2D eigenvalue weighted by atomic mass is 9.99. The highest BCUT2D eigenvalue weighted by atomic mass is 16.5. The summed E-state index contributed by atoms with van der Waals surface area (Å²) in [5, 5.41) is 2.89. The molecular weight excluding hydrogens is 264 g/mol. The van der Waals surface area contributed by atoms with E-state index in [0.29, 0.717) is 22.7 Å². The van der Waals surface area contributed by atoms with Gasteiger partial charge >= 0.3 is 0 Å². The molecule has 0 atom stereocenters. The number of hydrogen-bond donors (Lipinski definition) is 2. The number of amides is 1. The summed E-state index contributed by atoms with van der Waals surface area (Å²) in [5.41, 5.74) is 10.7. The van der Waals surface area contributed by atoms with Crippen molar-refractivity contribution in [3.8, 4) is 5.75 Å². The van der Waals surface area contributed by atoms with Crippen LogP contribution in [0.25, 0.3) is 0 Å². The lowest BCUT2D eigenvalue weighted by Gasteiger charge is -2.14. The standard InChI is InChI=1S/C17H20N2O2/c1-10-7-11(2)16(12(3)8-10)17(20)19-14-6-5-13(18)9-15(14)21-4/h5-9H,18H2,1-4H3,(H,19,20). The molecule has 0 aliphatic heterocycles. The fourth-order valence-corrected chi connectivity index (χ4v) is 2.53. The van der Waals surface area contributed by atoms with Gasteiger partial charge in [-0.3, -0.25) is 4.79 Å². The number of nitrogen functional groups attached to an aromatic ring is 1. The van der Waals surface area contributed by atoms with Crippen LogP contribution in [-0.2, 0) is 0 Å². The largest absolute Gasteiger partial charge is 0.494 e. The van der Waals surface area contributed by atoms with E-state index >= 15 is 0 Å². The van der Waals surface area contributed by atoms with Gasteiger partial charge in [-0.15, -0.1) is 0 Å². The first-order valence-corrected chi connectivity index (χ1v) is 6.75. The Balaban J connectivity index is 2.35. The third-order valence-electron chi connectivity index (χ3n) is 3.38. The predicted molar refractivity (Wildman–Crippen MR) is 86.0 cm³/mol. The van der Waals surface area contributed by atoms with Crippen molar-refractivity contribution >= 4 is 17.3 Å². The van der Waals surface area contributed by atoms with E-state index in [0.717, 1.165) is 16.7 Å². The number of rotatable bonds is 3. The molecule has 1 amide bonds. The van der Waals surface area contributed by atoms with Crippen molar-refractivity contribution in [2.75, 3.05) is 18.2 Å². The minimum Gasteiger partial charge on any atom is -0.494 e. The van der Waals surface area contributed by atoms with E-state index in [9.17, 15) is 4.79 Å². The summed E-state index contributed by atoms with van der Waals surface area (Å²) in [7, 11) is 1.55. The first-order chi connectivity index (χ1) is 9.92. The quantitative estimate of drug-likeness (QED) is 0.848. The molecule has 21 heavy (non-hydrogen) atoms. The molecule has 4 nitrogen and oxygen atoms in total. The molecule has 0 bridgehead atoms. The zero-order valence-corrected chi connectivity index (χ0v) is 12.8. The van der Waals surface area contributed by atoms with Gasteiger partial charge in [-0.1, -0.05) is 17.7 Å². The summed E-state index contributed by atoms with van der Waals surface area (Å²) < 4.78 is 5.25. The fourth-order valence-electron chi connectivity index (χ4n) is 2.53. The van der Waals surface area contributed by atoms with Gasteiger partial charge in [-0.25, -0.2) is 0 Å². The number of nitrogens with one attached hydrogen (secondary N) is 1. The third kappa shape index (κ3) is 3.16. The number of aryl methyl sites for hydroxylation is 3. The molecule has 2 aromatic carbocycles. The van der Waals surface area contributed by atoms with Crippen LogP contribution in [0.2, 0.25) is 0 Å². The van der Waals surface area contributed by atoms with Crippen molar-refractivity contribution < 1.29 is 9.53 Å². The molecule has 0 aliphatic rings. The molecule has 2 aromatic rings. The number of ether oxygens (including phenoxy) is 1. The van der Waals surface area contributed by atoms with E-state index in [1.807, 2.05) is 32.9 Å². The fraction of sp³-hybridized carbons (Fsp3) is 0.235. The zero-order chi connectivity index (χ0) is 15.6. The second-order valence-electron chi connectivity index (χ2n) is 5.19. The number of anilines is 2. The van der Waals surface area contributed by atoms with Crippen LogP contribution in [0.1, 0.15) is 27.0 Å². The van der Waals surface area contributed by atoms with E-state index in [1.54, 1.807) is 25.3 Å². The maximum atomic E-state index is 12.5. The van der Waals surface area contributed by atoms with Crippen LogP contribution in [0.5, 0.6) is 5.75 Å². The van der Waals surface area contributed by atoms with Crippen molar-refractivity contribution in [1.29, 1.82) is 0 Å². The van der Waals surface area contributed by atoms with Crippen molar-refractivity contribution in [1.82, 2.24) is 0 Å². The molecule has 0 aromatic heterocycles. The normalized spacial score (nSPS) is 10.3. The van der Waals surface area contributed by atoms with Gasteiger partial charge in [0.25, 0.3) is 5.91 Å². The van der Waals surface area contributed by atoms with E-state index in [-0.39, 0.29) is 5.91 Å². The molecule has 0 unspecified atom stereocenters. The molecule has 0 aliphatic carbocycles. The maximum Gasteiger partial charge on any atom is 0.256 e. The lowest BCUT2D eigenvalue weighted by molar-refractivity contribution is 0.102. The number of hydrogen-bond acceptors (Lipinski definition) is 3. The lowest BCUT2D eigenvalue weighted by Crippen LogP contribution is -2.16. The SMILES string of the molecule is COc1cc(N)ccc1NC(=O)c1c(C)cc(C)cc1C. The Labute approximate surface area is 124 Å². The smallest absolute Gasteiger partial charge is 0.256 e. The highest BCUT2D eigenvalue weighted by Crippen LogP contribution is 2.28. The van der Waals surface area contributed by atoms with Crippen LogP contribution >= 0.6 is 0 Å². The molecular formula is C17H20N2O2. The van der Waals surface area contributed by atoms with E-state index in [4.69, 9.17) is 10.5 Å². The van der Waals surface area contributed by atoms with Crippen LogP contribution in [0.3, 0.4) is 0 Å². The molecule has 0 fully saturated rings. The Hall–Kier alpha value is -2.49. The van der Waals surface area contributed by atoms with Gasteiger partial charge in [-0.05, 0) is 44.0 Å². The average molecular weight is 284 g/mol. The number of carbonyl (C=O) groups is 1. The Morgan fingerprint density at radius 3 is 2.29 bits per heavy atom. The minimum atomic E-state index is -0.145. The second-order valence-corrected chi connectivity index (χ2v) is 5.19. The molecule has 0 spiro atoms. The highest BCUT2D eigenvalue weighted by Gasteiger charge is 2.15. The number of methoxy groups -OCH3 is 1. The molecule has 3 N–H and O–H groups in total. The van der Waals surface area contributed by atoms with Crippen LogP contribution in [0, 0.1) is 20.8 Å². The Morgan fingerprint density at radius 1 is 1.10 bits per heavy atom. The van der Waals surface area contributed by atoms with Gasteiger partial charge in [-0.2, -0.15) is 0 Å². The van der Waals surface area contributed by atoms with Gasteiger partial charge in [0.05, 0.1) is 12.8 Å². The van der Waals surface area contributed by atoms with Gasteiger partial charge in [0.2, 0.25) is 0 Å². The van der Waals surface area contributed by atoms with Crippen molar-refractivity contribution in [3.63, 3.8) is 0 Å². The monoisotopic (exact) mass is 284 g/mol. The second kappa shape index (κ2) is 5.87. The van der Waals surface area contributed by atoms with Crippen LogP contribution in [-0.4, -0.2) is 13.0 Å². The number of benzene rings is 2. The van der Waals surface area contributed by atoms with Crippen LogP contribution in [0.4, 0.5) is 11.4 Å².